The number of nitrogens with one attached hydrogen (secondary N) is 3. The summed E-state index contributed by atoms with van der Waals surface area (Å²) >= 11 is 0. The Kier molecular flexibility index (Phi) is 5.22. The normalized spacial score (nSPS) is 23.5. The molecule has 3 amide bonds. The number of rotatable bonds is 5. The number of carbonyl (C=O) groups excluding carboxylic acids is 3. The number of carbonyl (C=O) groups is 3. The van der Waals surface area contributed by atoms with Gasteiger partial charge in [-0.15, -0.1) is 0 Å². The molecule has 7 heteroatoms. The summed E-state index contributed by atoms with van der Waals surface area (Å²) in [6, 6.07) is 5.36. The molecule has 0 aliphatic carbocycles. The predicted octanol–water partition coefficient (Wildman–Crippen LogP) is 0.537. The van der Waals surface area contributed by atoms with E-state index >= 15 is 0 Å². The van der Waals surface area contributed by atoms with Crippen LogP contribution < -0.4 is 16.0 Å². The Morgan fingerprint density at radius 1 is 1.11 bits per heavy atom. The predicted molar refractivity (Wildman–Crippen MR) is 99.8 cm³/mol. The molecule has 0 spiro atoms. The highest BCUT2D eigenvalue weighted by molar-refractivity contribution is 6.05. The van der Waals surface area contributed by atoms with Gasteiger partial charge in [0.25, 0.3) is 5.91 Å². The lowest BCUT2D eigenvalue weighted by Crippen LogP contribution is -2.52. The van der Waals surface area contributed by atoms with E-state index in [0.29, 0.717) is 25.4 Å². The number of fused-ring (bicyclic) bond motifs is 1. The molecule has 0 saturated carbocycles. The molecule has 4 rings (SSSR count). The summed E-state index contributed by atoms with van der Waals surface area (Å²) in [6.07, 6.45) is 3.04. The fourth-order valence-corrected chi connectivity index (χ4v) is 4.33. The van der Waals surface area contributed by atoms with E-state index in [1.807, 2.05) is 18.2 Å². The van der Waals surface area contributed by atoms with Crippen LogP contribution in [0, 0.1) is 5.92 Å². The van der Waals surface area contributed by atoms with Crippen LogP contribution in [0.2, 0.25) is 0 Å². The van der Waals surface area contributed by atoms with Crippen molar-refractivity contribution in [3.8, 4) is 0 Å². The van der Waals surface area contributed by atoms with Crippen LogP contribution in [0.15, 0.2) is 18.2 Å². The fraction of sp³-hybridized carbons (Fsp3) is 0.550. The summed E-state index contributed by atoms with van der Waals surface area (Å²) in [5, 5.41) is 9.23. The van der Waals surface area contributed by atoms with E-state index in [1.54, 1.807) is 4.90 Å². The van der Waals surface area contributed by atoms with Gasteiger partial charge in [0.05, 0.1) is 0 Å². The number of hydrogen-bond acceptors (Lipinski definition) is 5. The molecule has 1 unspecified atom stereocenters. The van der Waals surface area contributed by atoms with E-state index in [9.17, 15) is 14.4 Å². The molecule has 2 saturated heterocycles. The lowest BCUT2D eigenvalue weighted by molar-refractivity contribution is -0.136. The van der Waals surface area contributed by atoms with Crippen LogP contribution in [0.3, 0.4) is 0 Å². The summed E-state index contributed by atoms with van der Waals surface area (Å²) in [6.45, 7) is 4.19. The average Bonchev–Trinajstić information content (AvgIpc) is 3.00. The summed E-state index contributed by atoms with van der Waals surface area (Å²) in [4.78, 5) is 38.2. The fourth-order valence-electron chi connectivity index (χ4n) is 4.33. The summed E-state index contributed by atoms with van der Waals surface area (Å²) in [5.41, 5.74) is 2.67. The smallest absolute Gasteiger partial charge is 0.255 e. The average molecular weight is 370 g/mol. The molecule has 1 aromatic carbocycles. The Labute approximate surface area is 158 Å². The zero-order chi connectivity index (χ0) is 18.8. The van der Waals surface area contributed by atoms with Crippen molar-refractivity contribution in [1.82, 2.24) is 20.9 Å². The highest BCUT2D eigenvalue weighted by Crippen LogP contribution is 2.29. The van der Waals surface area contributed by atoms with Crippen molar-refractivity contribution in [3.63, 3.8) is 0 Å². The Bertz CT molecular complexity index is 758. The molecular weight excluding hydrogens is 344 g/mol. The van der Waals surface area contributed by atoms with Crippen LogP contribution in [0.1, 0.15) is 47.2 Å². The standard InChI is InChI=1S/C20H26N4O3/c25-17-5-4-16(19(26)23-17)24-12-15-3-1-2-14(18(15)20(24)27)11-22-10-13-6-8-21-9-7-13/h1-3,13,16,21-22H,4-12H2,(H,23,25,26). The van der Waals surface area contributed by atoms with Crippen LogP contribution in [-0.2, 0) is 22.7 Å². The van der Waals surface area contributed by atoms with Gasteiger partial charge >= 0.3 is 0 Å². The van der Waals surface area contributed by atoms with Crippen molar-refractivity contribution in [2.75, 3.05) is 19.6 Å². The zero-order valence-electron chi connectivity index (χ0n) is 15.4. The van der Waals surface area contributed by atoms with Gasteiger partial charge in [-0.25, -0.2) is 0 Å². The van der Waals surface area contributed by atoms with Crippen molar-refractivity contribution in [2.45, 2.75) is 44.8 Å². The van der Waals surface area contributed by atoms with Crippen molar-refractivity contribution >= 4 is 17.7 Å². The third-order valence-electron chi connectivity index (χ3n) is 5.85. The summed E-state index contributed by atoms with van der Waals surface area (Å²) in [7, 11) is 0. The molecule has 3 aliphatic heterocycles. The van der Waals surface area contributed by atoms with Crippen molar-refractivity contribution in [3.05, 3.63) is 34.9 Å². The van der Waals surface area contributed by atoms with E-state index in [0.717, 1.165) is 36.3 Å². The number of imide groups is 1. The minimum atomic E-state index is -0.557. The largest absolute Gasteiger partial charge is 0.322 e. The van der Waals surface area contributed by atoms with Crippen molar-refractivity contribution < 1.29 is 14.4 Å². The molecule has 7 nitrogen and oxygen atoms in total. The molecule has 1 aromatic rings. The first kappa shape index (κ1) is 18.1. The van der Waals surface area contributed by atoms with E-state index in [1.165, 1.54) is 12.8 Å². The van der Waals surface area contributed by atoms with Crippen molar-refractivity contribution in [2.24, 2.45) is 5.92 Å². The second-order valence-electron chi connectivity index (χ2n) is 7.68. The quantitative estimate of drug-likeness (QED) is 0.658. The Morgan fingerprint density at radius 2 is 1.93 bits per heavy atom. The van der Waals surface area contributed by atoms with Crippen LogP contribution in [0.25, 0.3) is 0 Å². The Hall–Kier alpha value is -2.25. The van der Waals surface area contributed by atoms with E-state index in [-0.39, 0.29) is 24.1 Å². The first-order chi connectivity index (χ1) is 13.1. The third-order valence-corrected chi connectivity index (χ3v) is 5.85. The molecule has 1 atom stereocenters. The van der Waals surface area contributed by atoms with Crippen molar-refractivity contribution in [1.29, 1.82) is 0 Å². The van der Waals surface area contributed by atoms with Gasteiger partial charge < -0.3 is 15.5 Å². The molecule has 2 fully saturated rings. The summed E-state index contributed by atoms with van der Waals surface area (Å²) in [5.74, 6) is -0.0429. The number of hydrogen-bond donors (Lipinski definition) is 3. The Balaban J connectivity index is 1.43. The third kappa shape index (κ3) is 3.75. The van der Waals surface area contributed by atoms with Gasteiger partial charge in [0, 0.05) is 25.1 Å². The van der Waals surface area contributed by atoms with Gasteiger partial charge in [-0.1, -0.05) is 18.2 Å². The van der Waals surface area contributed by atoms with Crippen LogP contribution in [-0.4, -0.2) is 48.3 Å². The molecular formula is C20H26N4O3. The topological polar surface area (TPSA) is 90.5 Å². The number of amides is 3. The SMILES string of the molecule is O=C1CCC(N2Cc3cccc(CNCC4CCNCC4)c3C2=O)C(=O)N1. The molecule has 144 valence electrons. The number of nitrogens with zero attached hydrogens (tertiary/aromatic N) is 1. The highest BCUT2D eigenvalue weighted by atomic mass is 16.2. The minimum Gasteiger partial charge on any atom is -0.322 e. The highest BCUT2D eigenvalue weighted by Gasteiger charge is 2.39. The van der Waals surface area contributed by atoms with Gasteiger partial charge in [0.2, 0.25) is 11.8 Å². The maximum absolute atomic E-state index is 13.0. The van der Waals surface area contributed by atoms with E-state index in [2.05, 4.69) is 16.0 Å². The van der Waals surface area contributed by atoms with E-state index in [4.69, 9.17) is 0 Å². The second-order valence-corrected chi connectivity index (χ2v) is 7.68. The monoisotopic (exact) mass is 370 g/mol. The van der Waals surface area contributed by atoms with E-state index < -0.39 is 6.04 Å². The van der Waals surface area contributed by atoms with Crippen LogP contribution >= 0.6 is 0 Å². The first-order valence-corrected chi connectivity index (χ1v) is 9.80. The molecule has 3 heterocycles. The molecule has 3 N–H and O–H groups in total. The lowest BCUT2D eigenvalue weighted by atomic mass is 9.98. The van der Waals surface area contributed by atoms with Crippen LogP contribution in [0.5, 0.6) is 0 Å². The lowest BCUT2D eigenvalue weighted by Gasteiger charge is -2.29. The molecule has 0 bridgehead atoms. The minimum absolute atomic E-state index is 0.0984. The van der Waals surface area contributed by atoms with Crippen LogP contribution in [0.4, 0.5) is 0 Å². The van der Waals surface area contributed by atoms with Gasteiger partial charge in [0.15, 0.2) is 0 Å². The van der Waals surface area contributed by atoms with Gasteiger partial charge in [-0.05, 0) is 55.9 Å². The molecule has 3 aliphatic rings. The molecule has 0 aromatic heterocycles. The second kappa shape index (κ2) is 7.78. The van der Waals surface area contributed by atoms with Gasteiger partial charge in [-0.3, -0.25) is 19.7 Å². The maximum atomic E-state index is 13.0. The number of piperidine rings is 2. The van der Waals surface area contributed by atoms with Gasteiger partial charge in [-0.2, -0.15) is 0 Å². The maximum Gasteiger partial charge on any atom is 0.255 e. The molecule has 0 radical (unpaired) electrons. The summed E-state index contributed by atoms with van der Waals surface area (Å²) < 4.78 is 0. The number of benzene rings is 1. The zero-order valence-corrected chi connectivity index (χ0v) is 15.4. The Morgan fingerprint density at radius 3 is 2.70 bits per heavy atom. The first-order valence-electron chi connectivity index (χ1n) is 9.80. The van der Waals surface area contributed by atoms with Gasteiger partial charge in [0.1, 0.15) is 6.04 Å². The molecule has 27 heavy (non-hydrogen) atoms.